The number of imidazole rings is 1. The van der Waals surface area contributed by atoms with E-state index in [9.17, 15) is 10.1 Å². The minimum atomic E-state index is -0.390. The third-order valence-corrected chi connectivity index (χ3v) is 3.13. The van der Waals surface area contributed by atoms with Crippen LogP contribution in [0.1, 0.15) is 18.8 Å². The number of aromatic amines is 1. The molecule has 2 N–H and O–H groups in total. The molecule has 0 saturated carbocycles. The van der Waals surface area contributed by atoms with Crippen molar-refractivity contribution in [2.75, 3.05) is 5.32 Å². The molecule has 0 aliphatic rings. The second kappa shape index (κ2) is 5.34. The van der Waals surface area contributed by atoms with Crippen LogP contribution < -0.4 is 5.32 Å². The van der Waals surface area contributed by atoms with Gasteiger partial charge < -0.3 is 10.3 Å². The van der Waals surface area contributed by atoms with Crippen LogP contribution >= 0.6 is 22.6 Å². The predicted molar refractivity (Wildman–Crippen MR) is 76.4 cm³/mol. The van der Waals surface area contributed by atoms with Gasteiger partial charge in [0.05, 0.1) is 11.0 Å². The summed E-state index contributed by atoms with van der Waals surface area (Å²) in [5.41, 5.74) is 0.560. The van der Waals surface area contributed by atoms with E-state index in [2.05, 4.69) is 15.3 Å². The van der Waals surface area contributed by atoms with Gasteiger partial charge in [0.25, 0.3) is 5.69 Å². The number of hydrogen-bond donors (Lipinski definition) is 2. The zero-order valence-electron chi connectivity index (χ0n) is 9.55. The van der Waals surface area contributed by atoms with Gasteiger partial charge in [-0.05, 0) is 41.6 Å². The van der Waals surface area contributed by atoms with Crippen molar-refractivity contribution >= 4 is 34.0 Å². The lowest BCUT2D eigenvalue weighted by Crippen LogP contribution is -2.09. The first kappa shape index (κ1) is 12.8. The first-order chi connectivity index (χ1) is 8.58. The van der Waals surface area contributed by atoms with Crippen LogP contribution in [-0.4, -0.2) is 14.9 Å². The number of aromatic nitrogens is 2. The smallest absolute Gasteiger partial charge is 0.293 e. The lowest BCUT2D eigenvalue weighted by Gasteiger charge is -2.13. The highest BCUT2D eigenvalue weighted by Crippen LogP contribution is 2.28. The van der Waals surface area contributed by atoms with Crippen LogP contribution in [0.5, 0.6) is 0 Å². The summed E-state index contributed by atoms with van der Waals surface area (Å²) in [6, 6.07) is 4.95. The first-order valence-corrected chi connectivity index (χ1v) is 6.35. The molecule has 2 aromatic rings. The summed E-state index contributed by atoms with van der Waals surface area (Å²) in [6.45, 7) is 1.89. The molecular formula is C11H11IN4O2. The van der Waals surface area contributed by atoms with Crippen LogP contribution in [-0.2, 0) is 0 Å². The van der Waals surface area contributed by atoms with Crippen LogP contribution in [0.15, 0.2) is 30.6 Å². The van der Waals surface area contributed by atoms with Crippen molar-refractivity contribution in [3.63, 3.8) is 0 Å². The highest BCUT2D eigenvalue weighted by Gasteiger charge is 2.17. The number of nitro groups is 1. The fraction of sp³-hybridized carbons (Fsp3) is 0.182. The molecule has 0 fully saturated rings. The number of benzene rings is 1. The second-order valence-corrected chi connectivity index (χ2v) is 5.00. The molecule has 1 aromatic carbocycles. The molecule has 1 heterocycles. The Bertz CT molecular complexity index is 556. The van der Waals surface area contributed by atoms with Gasteiger partial charge in [-0.2, -0.15) is 0 Å². The monoisotopic (exact) mass is 358 g/mol. The summed E-state index contributed by atoms with van der Waals surface area (Å²) in [7, 11) is 0. The van der Waals surface area contributed by atoms with Crippen LogP contribution in [0.3, 0.4) is 0 Å². The lowest BCUT2D eigenvalue weighted by atomic mass is 10.2. The Labute approximate surface area is 117 Å². The first-order valence-electron chi connectivity index (χ1n) is 5.27. The fourth-order valence-corrected chi connectivity index (χ4v) is 2.07. The van der Waals surface area contributed by atoms with E-state index in [0.717, 1.165) is 9.39 Å². The molecule has 0 amide bonds. The molecule has 1 aromatic heterocycles. The molecule has 1 atom stereocenters. The van der Waals surface area contributed by atoms with Crippen molar-refractivity contribution in [2.24, 2.45) is 0 Å². The number of H-pyrrole nitrogens is 1. The number of nitro benzene ring substituents is 1. The molecule has 0 spiro atoms. The van der Waals surface area contributed by atoms with Crippen molar-refractivity contribution in [1.82, 2.24) is 9.97 Å². The summed E-state index contributed by atoms with van der Waals surface area (Å²) in [5.74, 6) is 0.739. The Balaban J connectivity index is 2.26. The Morgan fingerprint density at radius 1 is 1.56 bits per heavy atom. The fourth-order valence-electron chi connectivity index (χ4n) is 1.59. The predicted octanol–water partition coefficient (Wildman–Crippen LogP) is 3.10. The van der Waals surface area contributed by atoms with Crippen molar-refractivity contribution in [3.8, 4) is 0 Å². The maximum atomic E-state index is 11.0. The molecule has 6 nitrogen and oxygen atoms in total. The lowest BCUT2D eigenvalue weighted by molar-refractivity contribution is -0.384. The third kappa shape index (κ3) is 2.78. The van der Waals surface area contributed by atoms with Gasteiger partial charge >= 0.3 is 0 Å². The zero-order chi connectivity index (χ0) is 13.1. The van der Waals surface area contributed by atoms with Crippen molar-refractivity contribution in [2.45, 2.75) is 13.0 Å². The van der Waals surface area contributed by atoms with E-state index in [1.165, 1.54) is 6.07 Å². The van der Waals surface area contributed by atoms with E-state index < -0.39 is 0 Å². The minimum absolute atomic E-state index is 0.0697. The molecule has 0 saturated heterocycles. The zero-order valence-corrected chi connectivity index (χ0v) is 11.7. The Morgan fingerprint density at radius 2 is 2.33 bits per heavy atom. The summed E-state index contributed by atoms with van der Waals surface area (Å²) in [5, 5.41) is 14.1. The quantitative estimate of drug-likeness (QED) is 0.500. The van der Waals surface area contributed by atoms with Gasteiger partial charge in [-0.1, -0.05) is 0 Å². The normalized spacial score (nSPS) is 12.1. The van der Waals surface area contributed by atoms with Gasteiger partial charge in [0.15, 0.2) is 0 Å². The number of nitrogens with one attached hydrogen (secondary N) is 2. The topological polar surface area (TPSA) is 83.8 Å². The molecule has 2 rings (SSSR count). The van der Waals surface area contributed by atoms with Gasteiger partial charge in [0.1, 0.15) is 11.5 Å². The molecule has 0 bridgehead atoms. The van der Waals surface area contributed by atoms with Crippen LogP contribution in [0.4, 0.5) is 11.4 Å². The van der Waals surface area contributed by atoms with Crippen LogP contribution in [0.25, 0.3) is 0 Å². The summed E-state index contributed by atoms with van der Waals surface area (Å²) in [4.78, 5) is 17.7. The van der Waals surface area contributed by atoms with E-state index in [0.29, 0.717) is 5.69 Å². The van der Waals surface area contributed by atoms with Crippen molar-refractivity contribution < 1.29 is 4.92 Å². The minimum Gasteiger partial charge on any atom is -0.370 e. The maximum absolute atomic E-state index is 11.0. The molecular weight excluding hydrogens is 347 g/mol. The van der Waals surface area contributed by atoms with Crippen molar-refractivity contribution in [3.05, 3.63) is 50.1 Å². The standard InChI is InChI=1S/C11H11IN4O2/c1-7(11-13-4-5-14-11)15-9-3-2-8(12)6-10(9)16(17)18/h2-7,15H,1H3,(H,13,14). The number of halogens is 1. The van der Waals surface area contributed by atoms with Crippen molar-refractivity contribution in [1.29, 1.82) is 0 Å². The number of hydrogen-bond acceptors (Lipinski definition) is 4. The molecule has 0 aliphatic carbocycles. The Hall–Kier alpha value is -1.64. The van der Waals surface area contributed by atoms with E-state index in [-0.39, 0.29) is 16.7 Å². The molecule has 94 valence electrons. The summed E-state index contributed by atoms with van der Waals surface area (Å²) >= 11 is 2.05. The van der Waals surface area contributed by atoms with Gasteiger partial charge in [-0.15, -0.1) is 0 Å². The van der Waals surface area contributed by atoms with E-state index in [1.54, 1.807) is 18.5 Å². The molecule has 0 radical (unpaired) electrons. The highest BCUT2D eigenvalue weighted by atomic mass is 127. The highest BCUT2D eigenvalue weighted by molar-refractivity contribution is 14.1. The van der Waals surface area contributed by atoms with Gasteiger partial charge in [0, 0.05) is 22.0 Å². The molecule has 0 aliphatic heterocycles. The van der Waals surface area contributed by atoms with E-state index in [1.807, 2.05) is 35.6 Å². The maximum Gasteiger partial charge on any atom is 0.293 e. The summed E-state index contributed by atoms with van der Waals surface area (Å²) < 4.78 is 0.829. The Kier molecular flexibility index (Phi) is 3.80. The average molecular weight is 358 g/mol. The van der Waals surface area contributed by atoms with Gasteiger partial charge in [-0.3, -0.25) is 10.1 Å². The Morgan fingerprint density at radius 3 is 2.94 bits per heavy atom. The number of nitrogens with zero attached hydrogens (tertiary/aromatic N) is 2. The van der Waals surface area contributed by atoms with E-state index >= 15 is 0 Å². The number of rotatable bonds is 4. The van der Waals surface area contributed by atoms with Gasteiger partial charge in [-0.25, -0.2) is 4.98 Å². The molecule has 1 unspecified atom stereocenters. The van der Waals surface area contributed by atoms with Crippen LogP contribution in [0.2, 0.25) is 0 Å². The number of anilines is 1. The summed E-state index contributed by atoms with van der Waals surface area (Å²) in [6.07, 6.45) is 3.37. The molecule has 18 heavy (non-hydrogen) atoms. The second-order valence-electron chi connectivity index (χ2n) is 3.76. The van der Waals surface area contributed by atoms with E-state index in [4.69, 9.17) is 0 Å². The third-order valence-electron chi connectivity index (χ3n) is 2.46. The molecule has 7 heteroatoms. The largest absolute Gasteiger partial charge is 0.370 e. The average Bonchev–Trinajstić information content (AvgIpc) is 2.84. The van der Waals surface area contributed by atoms with Crippen LogP contribution in [0, 0.1) is 13.7 Å². The SMILES string of the molecule is CC(Nc1ccc(I)cc1[N+](=O)[O-])c1ncc[nH]1. The van der Waals surface area contributed by atoms with Gasteiger partial charge in [0.2, 0.25) is 0 Å².